The Bertz CT molecular complexity index is 544. The summed E-state index contributed by atoms with van der Waals surface area (Å²) >= 11 is 0. The van der Waals surface area contributed by atoms with E-state index in [4.69, 9.17) is 0 Å². The normalized spacial score (nSPS) is 12.0. The molecule has 1 N–H and O–H groups in total. The summed E-state index contributed by atoms with van der Waals surface area (Å²) in [6.07, 6.45) is 1.09. The van der Waals surface area contributed by atoms with Gasteiger partial charge in [-0.25, -0.2) is 0 Å². The van der Waals surface area contributed by atoms with Crippen LogP contribution in [0.3, 0.4) is 0 Å². The first-order valence-electron chi connectivity index (χ1n) is 7.23. The minimum atomic E-state index is 0.304. The lowest BCUT2D eigenvalue weighted by Crippen LogP contribution is -2.10. The third kappa shape index (κ3) is 3.53. The van der Waals surface area contributed by atoms with Gasteiger partial charge in [0.25, 0.3) is 0 Å². The SMILES string of the molecule is CCc1ccc(C(C)Nc2cccc(N(C)C)c2)cc1. The highest BCUT2D eigenvalue weighted by molar-refractivity contribution is 5.58. The van der Waals surface area contributed by atoms with Crippen LogP contribution in [0, 0.1) is 0 Å². The van der Waals surface area contributed by atoms with Gasteiger partial charge in [-0.05, 0) is 42.7 Å². The van der Waals surface area contributed by atoms with Crippen molar-refractivity contribution in [1.29, 1.82) is 0 Å². The smallest absolute Gasteiger partial charge is 0.0485 e. The fourth-order valence-corrected chi connectivity index (χ4v) is 2.25. The van der Waals surface area contributed by atoms with E-state index >= 15 is 0 Å². The third-order valence-corrected chi connectivity index (χ3v) is 3.63. The van der Waals surface area contributed by atoms with Gasteiger partial charge in [-0.3, -0.25) is 0 Å². The lowest BCUT2D eigenvalue weighted by atomic mass is 10.0. The molecule has 0 aliphatic carbocycles. The molecule has 0 bridgehead atoms. The molecular weight excluding hydrogens is 244 g/mol. The van der Waals surface area contributed by atoms with Crippen LogP contribution in [0.25, 0.3) is 0 Å². The van der Waals surface area contributed by atoms with E-state index in [2.05, 4.69) is 86.7 Å². The lowest BCUT2D eigenvalue weighted by molar-refractivity contribution is 0.882. The monoisotopic (exact) mass is 268 g/mol. The topological polar surface area (TPSA) is 15.3 Å². The molecule has 20 heavy (non-hydrogen) atoms. The Labute approximate surface area is 122 Å². The molecule has 0 aliphatic heterocycles. The number of aryl methyl sites for hydroxylation is 1. The molecule has 0 heterocycles. The Morgan fingerprint density at radius 1 is 1.05 bits per heavy atom. The minimum absolute atomic E-state index is 0.304. The molecule has 0 aliphatic rings. The summed E-state index contributed by atoms with van der Waals surface area (Å²) in [6.45, 7) is 4.38. The summed E-state index contributed by atoms with van der Waals surface area (Å²) in [5.41, 5.74) is 5.07. The van der Waals surface area contributed by atoms with Crippen molar-refractivity contribution in [3.05, 3.63) is 59.7 Å². The summed E-state index contributed by atoms with van der Waals surface area (Å²) in [5.74, 6) is 0. The Kier molecular flexibility index (Phi) is 4.67. The van der Waals surface area contributed by atoms with Crippen LogP contribution in [0.2, 0.25) is 0 Å². The van der Waals surface area contributed by atoms with E-state index in [0.717, 1.165) is 12.1 Å². The molecule has 0 aromatic heterocycles. The number of benzene rings is 2. The Morgan fingerprint density at radius 2 is 1.75 bits per heavy atom. The number of nitrogens with zero attached hydrogens (tertiary/aromatic N) is 1. The maximum atomic E-state index is 3.56. The Morgan fingerprint density at radius 3 is 2.35 bits per heavy atom. The van der Waals surface area contributed by atoms with Crippen molar-refractivity contribution in [1.82, 2.24) is 0 Å². The molecule has 2 rings (SSSR count). The van der Waals surface area contributed by atoms with Crippen molar-refractivity contribution in [2.24, 2.45) is 0 Å². The van der Waals surface area contributed by atoms with Crippen LogP contribution < -0.4 is 10.2 Å². The van der Waals surface area contributed by atoms with Gasteiger partial charge in [0.1, 0.15) is 0 Å². The zero-order valence-electron chi connectivity index (χ0n) is 12.9. The summed E-state index contributed by atoms with van der Waals surface area (Å²) in [7, 11) is 4.12. The lowest BCUT2D eigenvalue weighted by Gasteiger charge is -2.18. The number of hydrogen-bond donors (Lipinski definition) is 1. The zero-order chi connectivity index (χ0) is 14.5. The van der Waals surface area contributed by atoms with Gasteiger partial charge in [-0.1, -0.05) is 37.3 Å². The molecule has 0 amide bonds. The van der Waals surface area contributed by atoms with Gasteiger partial charge in [0.05, 0.1) is 0 Å². The molecule has 1 atom stereocenters. The first kappa shape index (κ1) is 14.4. The van der Waals surface area contributed by atoms with Crippen molar-refractivity contribution in [3.8, 4) is 0 Å². The molecule has 2 nitrogen and oxygen atoms in total. The first-order chi connectivity index (χ1) is 9.60. The van der Waals surface area contributed by atoms with E-state index in [1.807, 2.05) is 0 Å². The van der Waals surface area contributed by atoms with E-state index < -0.39 is 0 Å². The predicted molar refractivity (Wildman–Crippen MR) is 88.6 cm³/mol. The molecular formula is C18H24N2. The second-order valence-corrected chi connectivity index (χ2v) is 5.41. The van der Waals surface area contributed by atoms with Crippen molar-refractivity contribution in [2.45, 2.75) is 26.3 Å². The van der Waals surface area contributed by atoms with Gasteiger partial charge in [0.15, 0.2) is 0 Å². The van der Waals surface area contributed by atoms with Crippen LogP contribution in [0.5, 0.6) is 0 Å². The highest BCUT2D eigenvalue weighted by Crippen LogP contribution is 2.23. The molecule has 0 spiro atoms. The second-order valence-electron chi connectivity index (χ2n) is 5.41. The highest BCUT2D eigenvalue weighted by Gasteiger charge is 2.06. The van der Waals surface area contributed by atoms with Gasteiger partial charge in [-0.2, -0.15) is 0 Å². The maximum absolute atomic E-state index is 3.56. The quantitative estimate of drug-likeness (QED) is 0.859. The van der Waals surface area contributed by atoms with E-state index in [1.54, 1.807) is 0 Å². The van der Waals surface area contributed by atoms with Crippen LogP contribution in [-0.2, 0) is 6.42 Å². The molecule has 2 aromatic rings. The van der Waals surface area contributed by atoms with Gasteiger partial charge in [0.2, 0.25) is 0 Å². The average molecular weight is 268 g/mol. The number of rotatable bonds is 5. The van der Waals surface area contributed by atoms with Crippen LogP contribution in [0.1, 0.15) is 31.0 Å². The third-order valence-electron chi connectivity index (χ3n) is 3.63. The van der Waals surface area contributed by atoms with Crippen LogP contribution in [0.15, 0.2) is 48.5 Å². The number of hydrogen-bond acceptors (Lipinski definition) is 2. The van der Waals surface area contributed by atoms with Crippen LogP contribution in [0.4, 0.5) is 11.4 Å². The second kappa shape index (κ2) is 6.47. The Balaban J connectivity index is 2.10. The van der Waals surface area contributed by atoms with Crippen molar-refractivity contribution in [2.75, 3.05) is 24.3 Å². The minimum Gasteiger partial charge on any atom is -0.378 e. The van der Waals surface area contributed by atoms with Gasteiger partial charge in [0, 0.05) is 31.5 Å². The number of nitrogens with one attached hydrogen (secondary N) is 1. The van der Waals surface area contributed by atoms with Crippen molar-refractivity contribution < 1.29 is 0 Å². The van der Waals surface area contributed by atoms with E-state index in [0.29, 0.717) is 6.04 Å². The molecule has 0 radical (unpaired) electrons. The molecule has 2 aromatic carbocycles. The van der Waals surface area contributed by atoms with Crippen LogP contribution in [-0.4, -0.2) is 14.1 Å². The average Bonchev–Trinajstić information content (AvgIpc) is 2.47. The molecule has 0 saturated carbocycles. The standard InChI is InChI=1S/C18H24N2/c1-5-15-9-11-16(12-10-15)14(2)19-17-7-6-8-18(13-17)20(3)4/h6-14,19H,5H2,1-4H3. The summed E-state index contributed by atoms with van der Waals surface area (Å²) in [6, 6.07) is 17.7. The molecule has 0 fully saturated rings. The van der Waals surface area contributed by atoms with Crippen LogP contribution >= 0.6 is 0 Å². The summed E-state index contributed by atoms with van der Waals surface area (Å²) in [5, 5.41) is 3.56. The summed E-state index contributed by atoms with van der Waals surface area (Å²) in [4.78, 5) is 2.12. The van der Waals surface area contributed by atoms with Crippen molar-refractivity contribution >= 4 is 11.4 Å². The predicted octanol–water partition coefficient (Wildman–Crippen LogP) is 4.49. The molecule has 106 valence electrons. The van der Waals surface area contributed by atoms with Gasteiger partial charge >= 0.3 is 0 Å². The number of anilines is 2. The maximum Gasteiger partial charge on any atom is 0.0485 e. The van der Waals surface area contributed by atoms with Crippen molar-refractivity contribution in [3.63, 3.8) is 0 Å². The largest absolute Gasteiger partial charge is 0.378 e. The summed E-state index contributed by atoms with van der Waals surface area (Å²) < 4.78 is 0. The van der Waals surface area contributed by atoms with E-state index in [-0.39, 0.29) is 0 Å². The van der Waals surface area contributed by atoms with Gasteiger partial charge in [-0.15, -0.1) is 0 Å². The molecule has 2 heteroatoms. The van der Waals surface area contributed by atoms with E-state index in [1.165, 1.54) is 16.8 Å². The van der Waals surface area contributed by atoms with Gasteiger partial charge < -0.3 is 10.2 Å². The van der Waals surface area contributed by atoms with E-state index in [9.17, 15) is 0 Å². The molecule has 1 unspecified atom stereocenters. The molecule has 0 saturated heterocycles. The fourth-order valence-electron chi connectivity index (χ4n) is 2.25. The first-order valence-corrected chi connectivity index (χ1v) is 7.23. The highest BCUT2D eigenvalue weighted by atomic mass is 15.1. The fraction of sp³-hybridized carbons (Fsp3) is 0.333. The zero-order valence-corrected chi connectivity index (χ0v) is 12.9. The Hall–Kier alpha value is -1.96.